The Morgan fingerprint density at radius 1 is 0.914 bits per heavy atom. The minimum absolute atomic E-state index is 0.0919. The van der Waals surface area contributed by atoms with Gasteiger partial charge in [0.2, 0.25) is 0 Å². The van der Waals surface area contributed by atoms with Crippen molar-refractivity contribution in [1.82, 2.24) is 10.3 Å². The number of nitrogens with zero attached hydrogens (tertiary/aromatic N) is 2. The fraction of sp³-hybridized carbons (Fsp3) is 0.185. The van der Waals surface area contributed by atoms with Crippen molar-refractivity contribution >= 4 is 38.2 Å². The van der Waals surface area contributed by atoms with Crippen molar-refractivity contribution in [2.24, 2.45) is 0 Å². The number of para-hydroxylation sites is 1. The molecule has 0 atom stereocenters. The predicted octanol–water partition coefficient (Wildman–Crippen LogP) is 4.57. The van der Waals surface area contributed by atoms with Gasteiger partial charge in [0, 0.05) is 42.6 Å². The molecule has 1 aliphatic heterocycles. The Kier molecular flexibility index (Phi) is 6.37. The average molecular weight is 487 g/mol. The summed E-state index contributed by atoms with van der Waals surface area (Å²) < 4.78 is 29.2. The van der Waals surface area contributed by atoms with E-state index in [4.69, 9.17) is 0 Å². The maximum absolute atomic E-state index is 13.3. The molecule has 1 aliphatic rings. The smallest absolute Gasteiger partial charge is 0.264 e. The lowest BCUT2D eigenvalue weighted by atomic mass is 10.1. The average Bonchev–Trinajstić information content (AvgIpc) is 3.42. The predicted molar refractivity (Wildman–Crippen MR) is 138 cm³/mol. The van der Waals surface area contributed by atoms with Gasteiger partial charge in [0.05, 0.1) is 11.1 Å². The van der Waals surface area contributed by atoms with Crippen molar-refractivity contribution in [3.63, 3.8) is 0 Å². The summed E-state index contributed by atoms with van der Waals surface area (Å²) in [5, 5.41) is 3.71. The van der Waals surface area contributed by atoms with E-state index in [9.17, 15) is 13.2 Å². The third-order valence-corrected chi connectivity index (χ3v) is 7.53. The quantitative estimate of drug-likeness (QED) is 0.399. The van der Waals surface area contributed by atoms with Gasteiger partial charge in [-0.25, -0.2) is 8.42 Å². The first kappa shape index (κ1) is 22.9. The third-order valence-electron chi connectivity index (χ3n) is 6.12. The summed E-state index contributed by atoms with van der Waals surface area (Å²) >= 11 is 0. The molecule has 2 N–H and O–H groups in total. The minimum Gasteiger partial charge on any atom is -0.371 e. The zero-order valence-electron chi connectivity index (χ0n) is 19.1. The number of amides is 1. The number of rotatable bonds is 7. The number of aromatic nitrogens is 1. The van der Waals surface area contributed by atoms with Crippen LogP contribution in [0.1, 0.15) is 28.8 Å². The van der Waals surface area contributed by atoms with Gasteiger partial charge in [-0.05, 0) is 48.7 Å². The number of benzene rings is 3. The third kappa shape index (κ3) is 4.97. The lowest BCUT2D eigenvalue weighted by Crippen LogP contribution is -2.27. The zero-order chi connectivity index (χ0) is 24.3. The second-order valence-corrected chi connectivity index (χ2v) is 10.2. The molecule has 0 aliphatic carbocycles. The van der Waals surface area contributed by atoms with Gasteiger partial charge in [0.1, 0.15) is 4.90 Å². The van der Waals surface area contributed by atoms with E-state index in [1.165, 1.54) is 6.07 Å². The van der Waals surface area contributed by atoms with Gasteiger partial charge in [0.15, 0.2) is 0 Å². The largest absolute Gasteiger partial charge is 0.371 e. The van der Waals surface area contributed by atoms with E-state index in [1.807, 2.05) is 48.5 Å². The van der Waals surface area contributed by atoms with E-state index >= 15 is 0 Å². The van der Waals surface area contributed by atoms with E-state index in [0.29, 0.717) is 23.3 Å². The van der Waals surface area contributed by atoms with Gasteiger partial charge in [0.25, 0.3) is 15.9 Å². The van der Waals surface area contributed by atoms with Crippen LogP contribution >= 0.6 is 0 Å². The molecular weight excluding hydrogens is 460 g/mol. The molecule has 178 valence electrons. The maximum atomic E-state index is 13.3. The highest BCUT2D eigenvalue weighted by Crippen LogP contribution is 2.29. The molecule has 4 aromatic rings. The van der Waals surface area contributed by atoms with Gasteiger partial charge in [-0.15, -0.1) is 0 Å². The summed E-state index contributed by atoms with van der Waals surface area (Å²) in [6.45, 7) is 2.12. The molecule has 2 heterocycles. The van der Waals surface area contributed by atoms with Crippen molar-refractivity contribution in [3.8, 4) is 0 Å². The second kappa shape index (κ2) is 9.76. The lowest BCUT2D eigenvalue weighted by molar-refractivity contribution is 0.0951. The van der Waals surface area contributed by atoms with Crippen molar-refractivity contribution < 1.29 is 13.2 Å². The number of anilines is 2. The van der Waals surface area contributed by atoms with E-state index in [0.717, 1.165) is 42.6 Å². The van der Waals surface area contributed by atoms with E-state index in [-0.39, 0.29) is 10.8 Å². The Morgan fingerprint density at radius 2 is 1.69 bits per heavy atom. The molecule has 0 bridgehead atoms. The van der Waals surface area contributed by atoms with Crippen molar-refractivity contribution in [2.75, 3.05) is 22.7 Å². The Bertz CT molecular complexity index is 1460. The SMILES string of the molecule is O=C(NCc1ccccc1)c1cc(NS(=O)(=O)c2cccc3cccnc23)ccc1N1CCCC1. The Morgan fingerprint density at radius 3 is 2.49 bits per heavy atom. The standard InChI is InChI=1S/C27H26N4O3S/c32-27(29-19-20-8-2-1-3-9-20)23-18-22(13-14-24(23)31-16-4-5-17-31)30-35(33,34)25-12-6-10-21-11-7-15-28-26(21)25/h1-3,6-15,18,30H,4-5,16-17,19H2,(H,29,32). The van der Waals surface area contributed by atoms with Crippen molar-refractivity contribution in [2.45, 2.75) is 24.3 Å². The highest BCUT2D eigenvalue weighted by molar-refractivity contribution is 7.93. The summed E-state index contributed by atoms with van der Waals surface area (Å²) in [5.74, 6) is -0.247. The normalized spacial score (nSPS) is 13.7. The van der Waals surface area contributed by atoms with Crippen LogP contribution in [0.3, 0.4) is 0 Å². The number of pyridine rings is 1. The van der Waals surface area contributed by atoms with Crippen molar-refractivity contribution in [3.05, 3.63) is 96.2 Å². The zero-order valence-corrected chi connectivity index (χ0v) is 20.0. The van der Waals surface area contributed by atoms with Gasteiger partial charge >= 0.3 is 0 Å². The summed E-state index contributed by atoms with van der Waals surface area (Å²) in [4.78, 5) is 19.8. The number of sulfonamides is 1. The molecule has 0 radical (unpaired) electrons. The molecule has 1 aromatic heterocycles. The summed E-state index contributed by atoms with van der Waals surface area (Å²) in [5.41, 5.74) is 2.97. The summed E-state index contributed by atoms with van der Waals surface area (Å²) in [7, 11) is -3.93. The van der Waals surface area contributed by atoms with Crippen LogP contribution in [0.5, 0.6) is 0 Å². The number of hydrogen-bond donors (Lipinski definition) is 2. The van der Waals surface area contributed by atoms with Crippen LogP contribution in [0.4, 0.5) is 11.4 Å². The molecule has 8 heteroatoms. The fourth-order valence-electron chi connectivity index (χ4n) is 4.39. The highest BCUT2D eigenvalue weighted by Gasteiger charge is 2.23. The van der Waals surface area contributed by atoms with Gasteiger partial charge in [-0.3, -0.25) is 14.5 Å². The van der Waals surface area contributed by atoms with Crippen LogP contribution in [0.25, 0.3) is 10.9 Å². The first-order valence-electron chi connectivity index (χ1n) is 11.6. The first-order valence-corrected chi connectivity index (χ1v) is 13.1. The Labute approximate surface area is 204 Å². The monoisotopic (exact) mass is 486 g/mol. The van der Waals surface area contributed by atoms with Crippen LogP contribution in [-0.4, -0.2) is 32.4 Å². The Hall–Kier alpha value is -3.91. The Balaban J connectivity index is 1.46. The number of fused-ring (bicyclic) bond motifs is 1. The molecule has 7 nitrogen and oxygen atoms in total. The lowest BCUT2D eigenvalue weighted by Gasteiger charge is -2.22. The molecule has 1 fully saturated rings. The van der Waals surface area contributed by atoms with Gasteiger partial charge in [-0.1, -0.05) is 48.5 Å². The molecule has 0 saturated carbocycles. The maximum Gasteiger partial charge on any atom is 0.264 e. The number of carbonyl (C=O) groups excluding carboxylic acids is 1. The summed E-state index contributed by atoms with van der Waals surface area (Å²) in [6, 6.07) is 23.5. The number of nitrogens with one attached hydrogen (secondary N) is 2. The molecule has 3 aromatic carbocycles. The number of carbonyl (C=O) groups is 1. The summed E-state index contributed by atoms with van der Waals surface area (Å²) in [6.07, 6.45) is 3.70. The molecule has 35 heavy (non-hydrogen) atoms. The molecule has 1 amide bonds. The van der Waals surface area contributed by atoms with Crippen LogP contribution in [0, 0.1) is 0 Å². The van der Waals surface area contributed by atoms with E-state index in [1.54, 1.807) is 30.5 Å². The van der Waals surface area contributed by atoms with Crippen LogP contribution in [0.15, 0.2) is 90.0 Å². The van der Waals surface area contributed by atoms with Gasteiger partial charge in [-0.2, -0.15) is 0 Å². The van der Waals surface area contributed by atoms with Gasteiger partial charge < -0.3 is 10.2 Å². The molecule has 1 saturated heterocycles. The minimum atomic E-state index is -3.93. The fourth-order valence-corrected chi connectivity index (χ4v) is 5.62. The van der Waals surface area contributed by atoms with Crippen LogP contribution in [-0.2, 0) is 16.6 Å². The van der Waals surface area contributed by atoms with Crippen molar-refractivity contribution in [1.29, 1.82) is 0 Å². The van der Waals surface area contributed by atoms with Crippen LogP contribution < -0.4 is 14.9 Å². The highest BCUT2D eigenvalue weighted by atomic mass is 32.2. The van der Waals surface area contributed by atoms with Crippen LogP contribution in [0.2, 0.25) is 0 Å². The topological polar surface area (TPSA) is 91.4 Å². The molecule has 0 spiro atoms. The first-order chi connectivity index (χ1) is 17.0. The van der Waals surface area contributed by atoms with E-state index in [2.05, 4.69) is 19.9 Å². The van der Waals surface area contributed by atoms with E-state index < -0.39 is 10.0 Å². The number of hydrogen-bond acceptors (Lipinski definition) is 5. The molecular formula is C27H26N4O3S. The second-order valence-electron chi connectivity index (χ2n) is 8.53. The molecule has 0 unspecified atom stereocenters. The molecule has 5 rings (SSSR count).